The van der Waals surface area contributed by atoms with Gasteiger partial charge in [-0.15, -0.1) is 0 Å². The van der Waals surface area contributed by atoms with E-state index in [-0.39, 0.29) is 29.0 Å². The summed E-state index contributed by atoms with van der Waals surface area (Å²) < 4.78 is 27.8. The first-order chi connectivity index (χ1) is 8.98. The molecule has 0 aromatic carbocycles. The van der Waals surface area contributed by atoms with Crippen LogP contribution < -0.4 is 10.1 Å². The molecule has 104 valence electrons. The Morgan fingerprint density at radius 1 is 1.47 bits per heavy atom. The lowest BCUT2D eigenvalue weighted by molar-refractivity contribution is 0.291. The van der Waals surface area contributed by atoms with Gasteiger partial charge in [-0.2, -0.15) is 15.0 Å². The number of aromatic nitrogens is 3. The maximum atomic E-state index is 11.3. The van der Waals surface area contributed by atoms with Crippen molar-refractivity contribution in [2.75, 3.05) is 17.7 Å². The first kappa shape index (κ1) is 14.0. The number of hydrogen-bond acceptors (Lipinski definition) is 7. The summed E-state index contributed by atoms with van der Waals surface area (Å²) in [6.45, 7) is 2.42. The predicted octanol–water partition coefficient (Wildman–Crippen LogP) is 1.04. The maximum Gasteiger partial charge on any atom is 0.322 e. The second-order valence-electron chi connectivity index (χ2n) is 3.97. The van der Waals surface area contributed by atoms with Gasteiger partial charge in [0.2, 0.25) is 11.2 Å². The number of rotatable bonds is 5. The van der Waals surface area contributed by atoms with E-state index in [1.54, 1.807) is 6.08 Å². The van der Waals surface area contributed by atoms with Gasteiger partial charge in [-0.3, -0.25) is 0 Å². The zero-order valence-electron chi connectivity index (χ0n) is 10.2. The highest BCUT2D eigenvalue weighted by atomic mass is 35.5. The minimum Gasteiger partial charge on any atom is -0.463 e. The van der Waals surface area contributed by atoms with Crippen LogP contribution in [-0.4, -0.2) is 41.8 Å². The third-order valence-corrected chi connectivity index (χ3v) is 3.83. The van der Waals surface area contributed by atoms with Crippen molar-refractivity contribution in [3.8, 4) is 6.01 Å². The minimum atomic E-state index is -3.13. The van der Waals surface area contributed by atoms with Crippen molar-refractivity contribution >= 4 is 27.4 Å². The van der Waals surface area contributed by atoms with Crippen molar-refractivity contribution in [3.05, 3.63) is 16.8 Å². The summed E-state index contributed by atoms with van der Waals surface area (Å²) in [5.41, 5.74) is 0. The molecule has 0 radical (unpaired) electrons. The first-order valence-corrected chi connectivity index (χ1v) is 7.80. The Labute approximate surface area is 116 Å². The van der Waals surface area contributed by atoms with Gasteiger partial charge in [0.05, 0.1) is 18.4 Å². The van der Waals surface area contributed by atoms with Crippen LogP contribution in [0, 0.1) is 0 Å². The van der Waals surface area contributed by atoms with Gasteiger partial charge in [0.15, 0.2) is 9.84 Å². The van der Waals surface area contributed by atoms with E-state index in [1.807, 2.05) is 6.92 Å². The van der Waals surface area contributed by atoms with E-state index in [9.17, 15) is 8.42 Å². The smallest absolute Gasteiger partial charge is 0.322 e. The molecule has 2 heterocycles. The van der Waals surface area contributed by atoms with Crippen LogP contribution in [0.2, 0.25) is 5.28 Å². The van der Waals surface area contributed by atoms with Crippen molar-refractivity contribution in [1.29, 1.82) is 0 Å². The molecule has 1 N–H and O–H groups in total. The molecule has 1 unspecified atom stereocenters. The molecule has 2 rings (SSSR count). The van der Waals surface area contributed by atoms with Crippen LogP contribution >= 0.6 is 11.6 Å². The molecule has 0 bridgehead atoms. The topological polar surface area (TPSA) is 94.1 Å². The van der Waals surface area contributed by atoms with Crippen LogP contribution in [0.3, 0.4) is 0 Å². The summed E-state index contributed by atoms with van der Waals surface area (Å²) in [6.07, 6.45) is 2.36. The number of hydrogen-bond donors (Lipinski definition) is 1. The van der Waals surface area contributed by atoms with Crippen LogP contribution in [-0.2, 0) is 9.84 Å². The number of ether oxygens (including phenoxy) is 1. The molecule has 0 spiro atoms. The van der Waals surface area contributed by atoms with E-state index in [0.717, 1.165) is 6.42 Å². The lowest BCUT2D eigenvalue weighted by atomic mass is 10.3. The summed E-state index contributed by atoms with van der Waals surface area (Å²) >= 11 is 5.75. The van der Waals surface area contributed by atoms with Gasteiger partial charge in [0.1, 0.15) is 0 Å². The Morgan fingerprint density at radius 2 is 2.26 bits per heavy atom. The van der Waals surface area contributed by atoms with Gasteiger partial charge in [-0.05, 0) is 24.1 Å². The average molecular weight is 305 g/mol. The van der Waals surface area contributed by atoms with Crippen molar-refractivity contribution < 1.29 is 13.2 Å². The van der Waals surface area contributed by atoms with E-state index < -0.39 is 9.84 Å². The summed E-state index contributed by atoms with van der Waals surface area (Å²) in [7, 11) is -3.13. The maximum absolute atomic E-state index is 11.3. The fourth-order valence-corrected chi connectivity index (χ4v) is 2.87. The lowest BCUT2D eigenvalue weighted by Crippen LogP contribution is -2.22. The summed E-state index contributed by atoms with van der Waals surface area (Å²) in [6, 6.07) is -0.253. The van der Waals surface area contributed by atoms with Crippen molar-refractivity contribution in [3.63, 3.8) is 0 Å². The number of sulfone groups is 1. The van der Waals surface area contributed by atoms with Crippen molar-refractivity contribution in [2.45, 2.75) is 19.4 Å². The van der Waals surface area contributed by atoms with E-state index in [2.05, 4.69) is 20.3 Å². The van der Waals surface area contributed by atoms with Crippen LogP contribution in [0.4, 0.5) is 5.95 Å². The molecule has 0 fully saturated rings. The summed E-state index contributed by atoms with van der Waals surface area (Å²) in [5, 5.41) is 4.02. The zero-order chi connectivity index (χ0) is 13.9. The van der Waals surface area contributed by atoms with E-state index in [1.165, 1.54) is 5.41 Å². The van der Waals surface area contributed by atoms with Gasteiger partial charge in [0, 0.05) is 5.41 Å². The molecule has 1 aromatic heterocycles. The normalized spacial score (nSPS) is 20.4. The minimum absolute atomic E-state index is 0.00608. The second-order valence-corrected chi connectivity index (χ2v) is 6.24. The van der Waals surface area contributed by atoms with Gasteiger partial charge in [-0.1, -0.05) is 6.92 Å². The van der Waals surface area contributed by atoms with Gasteiger partial charge in [-0.25, -0.2) is 8.42 Å². The highest BCUT2D eigenvalue weighted by Crippen LogP contribution is 2.16. The molecule has 0 aliphatic carbocycles. The van der Waals surface area contributed by atoms with Crippen molar-refractivity contribution in [1.82, 2.24) is 15.0 Å². The highest BCUT2D eigenvalue weighted by Gasteiger charge is 2.22. The number of anilines is 1. The molecule has 19 heavy (non-hydrogen) atoms. The third kappa shape index (κ3) is 4.03. The molecule has 1 atom stereocenters. The van der Waals surface area contributed by atoms with Crippen LogP contribution in [0.1, 0.15) is 13.3 Å². The molecule has 1 aliphatic heterocycles. The summed E-state index contributed by atoms with van der Waals surface area (Å²) in [4.78, 5) is 11.7. The van der Waals surface area contributed by atoms with Crippen LogP contribution in [0.15, 0.2) is 11.5 Å². The molecule has 9 heteroatoms. The van der Waals surface area contributed by atoms with Gasteiger partial charge >= 0.3 is 6.01 Å². The summed E-state index contributed by atoms with van der Waals surface area (Å²) in [5.74, 6) is 0.166. The Morgan fingerprint density at radius 3 is 2.89 bits per heavy atom. The van der Waals surface area contributed by atoms with E-state index in [0.29, 0.717) is 6.61 Å². The second kappa shape index (κ2) is 5.70. The number of nitrogens with one attached hydrogen (secondary N) is 1. The predicted molar refractivity (Wildman–Crippen MR) is 71.0 cm³/mol. The molecular formula is C10H13ClN4O3S. The Balaban J connectivity index is 2.08. The molecule has 1 aliphatic rings. The SMILES string of the molecule is CCCOc1nc(Cl)nc(NC2C=CS(=O)(=O)C2)n1. The zero-order valence-corrected chi connectivity index (χ0v) is 11.8. The van der Waals surface area contributed by atoms with Gasteiger partial charge in [0.25, 0.3) is 0 Å². The third-order valence-electron chi connectivity index (χ3n) is 2.27. The van der Waals surface area contributed by atoms with Crippen LogP contribution in [0.5, 0.6) is 6.01 Å². The number of halogens is 1. The van der Waals surface area contributed by atoms with E-state index >= 15 is 0 Å². The van der Waals surface area contributed by atoms with Gasteiger partial charge < -0.3 is 10.1 Å². The highest BCUT2D eigenvalue weighted by molar-refractivity contribution is 7.94. The van der Waals surface area contributed by atoms with Crippen molar-refractivity contribution in [2.24, 2.45) is 0 Å². The fourth-order valence-electron chi connectivity index (χ4n) is 1.49. The monoisotopic (exact) mass is 304 g/mol. The molecule has 7 nitrogen and oxygen atoms in total. The standard InChI is InChI=1S/C10H13ClN4O3S/c1-2-4-18-10-14-8(11)13-9(15-10)12-7-3-5-19(16,17)6-7/h3,5,7H,2,4,6H2,1H3,(H,12,13,14,15). The molecular weight excluding hydrogens is 292 g/mol. The molecule has 1 aromatic rings. The Bertz CT molecular complexity index is 590. The molecule has 0 amide bonds. The van der Waals surface area contributed by atoms with E-state index in [4.69, 9.17) is 16.3 Å². The Hall–Kier alpha value is -1.41. The lowest BCUT2D eigenvalue weighted by Gasteiger charge is -2.10. The van der Waals surface area contributed by atoms with Crippen LogP contribution in [0.25, 0.3) is 0 Å². The Kier molecular flexibility index (Phi) is 4.20. The first-order valence-electron chi connectivity index (χ1n) is 5.70. The molecule has 0 saturated carbocycles. The quantitative estimate of drug-likeness (QED) is 0.868. The average Bonchev–Trinajstić information content (AvgIpc) is 2.65. The largest absolute Gasteiger partial charge is 0.463 e. The number of nitrogens with zero attached hydrogens (tertiary/aromatic N) is 3. The fraction of sp³-hybridized carbons (Fsp3) is 0.500. The molecule has 0 saturated heterocycles.